The lowest BCUT2D eigenvalue weighted by Crippen LogP contribution is -2.30. The van der Waals surface area contributed by atoms with Crippen molar-refractivity contribution >= 4 is 21.4 Å². The summed E-state index contributed by atoms with van der Waals surface area (Å²) in [6, 6.07) is 6.67. The number of benzene rings is 1. The normalized spacial score (nSPS) is 21.2. The molecule has 5 heteroatoms. The van der Waals surface area contributed by atoms with Crippen molar-refractivity contribution in [3.63, 3.8) is 0 Å². The Morgan fingerprint density at radius 2 is 2.12 bits per heavy atom. The van der Waals surface area contributed by atoms with Crippen LogP contribution in [0, 0.1) is 0 Å². The summed E-state index contributed by atoms with van der Waals surface area (Å²) in [6.07, 6.45) is 1.96. The molecular formula is C11H14ClNO2S. The van der Waals surface area contributed by atoms with E-state index in [4.69, 9.17) is 11.6 Å². The van der Waals surface area contributed by atoms with E-state index in [9.17, 15) is 8.42 Å². The van der Waals surface area contributed by atoms with Gasteiger partial charge in [-0.25, -0.2) is 8.42 Å². The topological polar surface area (TPSA) is 46.2 Å². The average molecular weight is 260 g/mol. The zero-order valence-corrected chi connectivity index (χ0v) is 10.4. The Hall–Kier alpha value is -0.580. The molecule has 0 spiro atoms. The quantitative estimate of drug-likeness (QED) is 0.901. The highest BCUT2D eigenvalue weighted by molar-refractivity contribution is 7.91. The Kier molecular flexibility index (Phi) is 3.52. The molecule has 0 aromatic heterocycles. The zero-order chi connectivity index (χ0) is 11.6. The Morgan fingerprint density at radius 1 is 1.38 bits per heavy atom. The third-order valence-electron chi connectivity index (χ3n) is 2.75. The van der Waals surface area contributed by atoms with Crippen molar-refractivity contribution in [1.29, 1.82) is 0 Å². The van der Waals surface area contributed by atoms with Crippen LogP contribution in [0.1, 0.15) is 12.8 Å². The standard InChI is InChI=1S/C11H14ClNO2S/c12-10-5-1-2-6-11(10)16(14,15)8-9-4-3-7-13-9/h1-2,5-6,9,13H,3-4,7-8H2. The van der Waals surface area contributed by atoms with Crippen LogP contribution in [0.2, 0.25) is 5.02 Å². The van der Waals surface area contributed by atoms with Crippen molar-refractivity contribution in [2.24, 2.45) is 0 Å². The van der Waals surface area contributed by atoms with Gasteiger partial charge in [0.15, 0.2) is 9.84 Å². The van der Waals surface area contributed by atoms with Gasteiger partial charge in [0.05, 0.1) is 15.7 Å². The molecule has 1 aliphatic heterocycles. The van der Waals surface area contributed by atoms with Crippen molar-refractivity contribution < 1.29 is 8.42 Å². The molecule has 0 aliphatic carbocycles. The highest BCUT2D eigenvalue weighted by Gasteiger charge is 2.24. The molecule has 0 radical (unpaired) electrons. The highest BCUT2D eigenvalue weighted by atomic mass is 35.5. The molecule has 3 nitrogen and oxygen atoms in total. The molecule has 1 atom stereocenters. The van der Waals surface area contributed by atoms with Crippen LogP contribution in [0.25, 0.3) is 0 Å². The third-order valence-corrected chi connectivity index (χ3v) is 5.06. The first-order chi connectivity index (χ1) is 7.59. The number of nitrogens with one attached hydrogen (secondary N) is 1. The van der Waals surface area contributed by atoms with Crippen LogP contribution in [0.5, 0.6) is 0 Å². The van der Waals surface area contributed by atoms with Crippen LogP contribution in [-0.4, -0.2) is 26.8 Å². The van der Waals surface area contributed by atoms with E-state index in [-0.39, 0.29) is 16.7 Å². The second kappa shape index (κ2) is 4.73. The van der Waals surface area contributed by atoms with Gasteiger partial charge in [0.1, 0.15) is 0 Å². The van der Waals surface area contributed by atoms with E-state index in [1.165, 1.54) is 0 Å². The van der Waals surface area contributed by atoms with Crippen LogP contribution in [0.15, 0.2) is 29.2 Å². The molecule has 1 aliphatic rings. The molecule has 16 heavy (non-hydrogen) atoms. The van der Waals surface area contributed by atoms with Crippen LogP contribution in [0.4, 0.5) is 0 Å². The lowest BCUT2D eigenvalue weighted by Gasteiger charge is -2.11. The summed E-state index contributed by atoms with van der Waals surface area (Å²) in [5, 5.41) is 3.49. The van der Waals surface area contributed by atoms with Gasteiger partial charge in [0.25, 0.3) is 0 Å². The molecule has 2 rings (SSSR count). The van der Waals surface area contributed by atoms with Crippen LogP contribution < -0.4 is 5.32 Å². The van der Waals surface area contributed by atoms with Gasteiger partial charge in [-0.15, -0.1) is 0 Å². The van der Waals surface area contributed by atoms with Gasteiger partial charge in [-0.1, -0.05) is 23.7 Å². The molecule has 1 heterocycles. The number of hydrogen-bond acceptors (Lipinski definition) is 3. The largest absolute Gasteiger partial charge is 0.313 e. The smallest absolute Gasteiger partial charge is 0.181 e. The van der Waals surface area contributed by atoms with Gasteiger partial charge in [-0.05, 0) is 31.5 Å². The molecule has 1 fully saturated rings. The first-order valence-electron chi connectivity index (χ1n) is 5.30. The monoisotopic (exact) mass is 259 g/mol. The molecular weight excluding hydrogens is 246 g/mol. The minimum Gasteiger partial charge on any atom is -0.313 e. The molecule has 0 bridgehead atoms. The second-order valence-electron chi connectivity index (χ2n) is 4.01. The maximum atomic E-state index is 12.1. The van der Waals surface area contributed by atoms with Crippen molar-refractivity contribution in [2.45, 2.75) is 23.8 Å². The first kappa shape index (κ1) is 11.9. The maximum absolute atomic E-state index is 12.1. The van der Waals surface area contributed by atoms with Crippen molar-refractivity contribution in [3.8, 4) is 0 Å². The number of rotatable bonds is 3. The van der Waals surface area contributed by atoms with Crippen LogP contribution in [-0.2, 0) is 9.84 Å². The van der Waals surface area contributed by atoms with Crippen LogP contribution >= 0.6 is 11.6 Å². The zero-order valence-electron chi connectivity index (χ0n) is 8.82. The minimum atomic E-state index is -3.27. The molecule has 88 valence electrons. The first-order valence-corrected chi connectivity index (χ1v) is 7.33. The second-order valence-corrected chi connectivity index (χ2v) is 6.41. The van der Waals surface area contributed by atoms with Crippen molar-refractivity contribution in [3.05, 3.63) is 29.3 Å². The lowest BCUT2D eigenvalue weighted by atomic mass is 10.3. The molecule has 1 unspecified atom stereocenters. The number of hydrogen-bond donors (Lipinski definition) is 1. The molecule has 1 aromatic rings. The Morgan fingerprint density at radius 3 is 2.75 bits per heavy atom. The Bertz CT molecular complexity index is 467. The van der Waals surface area contributed by atoms with E-state index in [1.54, 1.807) is 24.3 Å². The van der Waals surface area contributed by atoms with E-state index in [0.29, 0.717) is 5.02 Å². The fraction of sp³-hybridized carbons (Fsp3) is 0.455. The Balaban J connectivity index is 2.21. The molecule has 1 aromatic carbocycles. The predicted octanol–water partition coefficient (Wildman–Crippen LogP) is 1.87. The fourth-order valence-corrected chi connectivity index (χ4v) is 4.08. The SMILES string of the molecule is O=S(=O)(CC1CCCN1)c1ccccc1Cl. The van der Waals surface area contributed by atoms with Gasteiger partial charge in [-0.3, -0.25) is 0 Å². The van der Waals surface area contributed by atoms with Gasteiger partial charge in [0.2, 0.25) is 0 Å². The summed E-state index contributed by atoms with van der Waals surface area (Å²) in [5.41, 5.74) is 0. The summed E-state index contributed by atoms with van der Waals surface area (Å²) in [5.74, 6) is 0.136. The number of sulfone groups is 1. The number of halogens is 1. The van der Waals surface area contributed by atoms with E-state index < -0.39 is 9.84 Å². The van der Waals surface area contributed by atoms with E-state index in [2.05, 4.69) is 5.32 Å². The van der Waals surface area contributed by atoms with Crippen LogP contribution in [0.3, 0.4) is 0 Å². The molecule has 0 amide bonds. The third kappa shape index (κ3) is 2.56. The molecule has 1 saturated heterocycles. The van der Waals surface area contributed by atoms with E-state index >= 15 is 0 Å². The predicted molar refractivity (Wildman–Crippen MR) is 64.5 cm³/mol. The fourth-order valence-electron chi connectivity index (χ4n) is 1.95. The summed E-state index contributed by atoms with van der Waals surface area (Å²) in [4.78, 5) is 0.241. The minimum absolute atomic E-state index is 0.0706. The van der Waals surface area contributed by atoms with Gasteiger partial charge in [0, 0.05) is 6.04 Å². The average Bonchev–Trinajstić information content (AvgIpc) is 2.70. The summed E-state index contributed by atoms with van der Waals surface area (Å²) >= 11 is 5.89. The Labute approximate surface area is 101 Å². The van der Waals surface area contributed by atoms with Gasteiger partial charge < -0.3 is 5.32 Å². The van der Waals surface area contributed by atoms with Crippen molar-refractivity contribution in [2.75, 3.05) is 12.3 Å². The van der Waals surface area contributed by atoms with Crippen molar-refractivity contribution in [1.82, 2.24) is 5.32 Å². The molecule has 0 saturated carbocycles. The summed E-state index contributed by atoms with van der Waals surface area (Å²) in [6.45, 7) is 0.905. The summed E-state index contributed by atoms with van der Waals surface area (Å²) in [7, 11) is -3.27. The van der Waals surface area contributed by atoms with E-state index in [1.807, 2.05) is 0 Å². The highest BCUT2D eigenvalue weighted by Crippen LogP contribution is 2.23. The van der Waals surface area contributed by atoms with E-state index in [0.717, 1.165) is 19.4 Å². The van der Waals surface area contributed by atoms with Gasteiger partial charge in [-0.2, -0.15) is 0 Å². The summed E-state index contributed by atoms with van der Waals surface area (Å²) < 4.78 is 24.2. The van der Waals surface area contributed by atoms with Gasteiger partial charge >= 0.3 is 0 Å². The molecule has 1 N–H and O–H groups in total. The lowest BCUT2D eigenvalue weighted by molar-refractivity contribution is 0.577. The maximum Gasteiger partial charge on any atom is 0.181 e.